The van der Waals surface area contributed by atoms with Crippen molar-refractivity contribution in [3.63, 3.8) is 0 Å². The average Bonchev–Trinajstić information content (AvgIpc) is 3.28. The van der Waals surface area contributed by atoms with Crippen molar-refractivity contribution in [3.05, 3.63) is 64.7 Å². The van der Waals surface area contributed by atoms with E-state index >= 15 is 0 Å². The molecule has 0 saturated carbocycles. The van der Waals surface area contributed by atoms with E-state index in [-0.39, 0.29) is 5.91 Å². The van der Waals surface area contributed by atoms with Gasteiger partial charge in [0.2, 0.25) is 5.91 Å². The third-order valence-electron chi connectivity index (χ3n) is 6.05. The number of likely N-dealkylation sites (tertiary alicyclic amines) is 1. The smallest absolute Gasteiger partial charge is 0.341 e. The van der Waals surface area contributed by atoms with Gasteiger partial charge in [0.05, 0.1) is 0 Å². The van der Waals surface area contributed by atoms with Crippen LogP contribution in [0.1, 0.15) is 54.5 Å². The summed E-state index contributed by atoms with van der Waals surface area (Å²) in [4.78, 5) is 37.4. The first-order chi connectivity index (χ1) is 15.7. The summed E-state index contributed by atoms with van der Waals surface area (Å²) in [5, 5.41) is 8.89. The first kappa shape index (κ1) is 24.3. The summed E-state index contributed by atoms with van der Waals surface area (Å²) in [6, 6.07) is 12.7. The van der Waals surface area contributed by atoms with Crippen molar-refractivity contribution in [1.29, 1.82) is 0 Å². The average molecular weight is 454 g/mol. The SMILES string of the molecule is CC(=O)N1CCC[C@H]1C(=O)O[C@H](CCc1ccc(C)c(C)c1)c1cccc(OCC(=O)O)c1. The van der Waals surface area contributed by atoms with Crippen molar-refractivity contribution in [2.75, 3.05) is 13.2 Å². The molecule has 0 radical (unpaired) electrons. The third-order valence-corrected chi connectivity index (χ3v) is 6.05. The number of benzene rings is 2. The van der Waals surface area contributed by atoms with Gasteiger partial charge in [0.25, 0.3) is 0 Å². The zero-order valence-electron chi connectivity index (χ0n) is 19.4. The van der Waals surface area contributed by atoms with E-state index in [1.807, 2.05) is 6.07 Å². The summed E-state index contributed by atoms with van der Waals surface area (Å²) in [7, 11) is 0. The van der Waals surface area contributed by atoms with Gasteiger partial charge in [-0.25, -0.2) is 9.59 Å². The molecule has 1 heterocycles. The van der Waals surface area contributed by atoms with Crippen molar-refractivity contribution >= 4 is 17.8 Å². The molecule has 1 fully saturated rings. The van der Waals surface area contributed by atoms with Crippen LogP contribution in [0.3, 0.4) is 0 Å². The molecule has 2 atom stereocenters. The molecule has 1 aliphatic heterocycles. The Morgan fingerprint density at radius 2 is 1.91 bits per heavy atom. The number of hydrogen-bond acceptors (Lipinski definition) is 5. The number of amides is 1. The van der Waals surface area contributed by atoms with Crippen molar-refractivity contribution in [1.82, 2.24) is 4.90 Å². The van der Waals surface area contributed by atoms with Gasteiger partial charge in [-0.15, -0.1) is 0 Å². The summed E-state index contributed by atoms with van der Waals surface area (Å²) in [6.07, 6.45) is 2.04. The Hall–Kier alpha value is -3.35. The van der Waals surface area contributed by atoms with Crippen LogP contribution in [0.2, 0.25) is 0 Å². The molecule has 33 heavy (non-hydrogen) atoms. The fraction of sp³-hybridized carbons (Fsp3) is 0.423. The monoisotopic (exact) mass is 453 g/mol. The lowest BCUT2D eigenvalue weighted by atomic mass is 9.98. The number of aryl methyl sites for hydroxylation is 3. The molecule has 176 valence electrons. The summed E-state index contributed by atoms with van der Waals surface area (Å²) < 4.78 is 11.3. The maximum atomic E-state index is 13.0. The minimum Gasteiger partial charge on any atom is -0.482 e. The predicted molar refractivity (Wildman–Crippen MR) is 123 cm³/mol. The normalized spacial score (nSPS) is 16.3. The van der Waals surface area contributed by atoms with Gasteiger partial charge in [-0.1, -0.05) is 30.3 Å². The lowest BCUT2D eigenvalue weighted by molar-refractivity contribution is -0.158. The van der Waals surface area contributed by atoms with Crippen LogP contribution >= 0.6 is 0 Å². The highest BCUT2D eigenvalue weighted by Crippen LogP contribution is 2.29. The molecule has 0 aliphatic carbocycles. The van der Waals surface area contributed by atoms with Gasteiger partial charge in [-0.05, 0) is 73.9 Å². The molecule has 2 aromatic carbocycles. The third kappa shape index (κ3) is 6.57. The maximum Gasteiger partial charge on any atom is 0.341 e. The topological polar surface area (TPSA) is 93.1 Å². The van der Waals surface area contributed by atoms with Crippen molar-refractivity contribution < 1.29 is 29.0 Å². The van der Waals surface area contributed by atoms with Crippen molar-refractivity contribution in [2.24, 2.45) is 0 Å². The van der Waals surface area contributed by atoms with E-state index in [2.05, 4.69) is 32.0 Å². The van der Waals surface area contributed by atoms with E-state index in [0.29, 0.717) is 31.6 Å². The molecule has 1 saturated heterocycles. The molecule has 2 aromatic rings. The lowest BCUT2D eigenvalue weighted by Crippen LogP contribution is -2.40. The molecule has 0 bridgehead atoms. The van der Waals surface area contributed by atoms with Crippen LogP contribution < -0.4 is 4.74 Å². The second-order valence-corrected chi connectivity index (χ2v) is 8.51. The van der Waals surface area contributed by atoms with Gasteiger partial charge >= 0.3 is 11.9 Å². The zero-order chi connectivity index (χ0) is 24.0. The Bertz CT molecular complexity index is 1020. The van der Waals surface area contributed by atoms with E-state index < -0.39 is 30.7 Å². The Morgan fingerprint density at radius 1 is 1.12 bits per heavy atom. The molecular weight excluding hydrogens is 422 g/mol. The van der Waals surface area contributed by atoms with Crippen LogP contribution in [0.25, 0.3) is 0 Å². The zero-order valence-corrected chi connectivity index (χ0v) is 19.4. The Morgan fingerprint density at radius 3 is 2.61 bits per heavy atom. The Kier molecular flexibility index (Phi) is 8.09. The highest BCUT2D eigenvalue weighted by Gasteiger charge is 2.35. The number of carboxylic acids is 1. The summed E-state index contributed by atoms with van der Waals surface area (Å²) in [5.74, 6) is -1.22. The summed E-state index contributed by atoms with van der Waals surface area (Å²) in [5.41, 5.74) is 4.29. The molecule has 0 aromatic heterocycles. The van der Waals surface area contributed by atoms with Crippen LogP contribution in [-0.2, 0) is 25.5 Å². The number of esters is 1. The van der Waals surface area contributed by atoms with Gasteiger partial charge < -0.3 is 19.5 Å². The number of carbonyl (C=O) groups is 3. The largest absolute Gasteiger partial charge is 0.482 e. The standard InChI is InChI=1S/C26H31NO6/c1-17-9-10-20(14-18(17)2)11-12-24(21-6-4-7-22(15-21)32-16-25(29)30)33-26(31)23-8-5-13-27(23)19(3)28/h4,6-7,9-10,14-15,23-24H,5,8,11-13,16H2,1-3H3,(H,29,30)/t23-,24+/m0/s1. The lowest BCUT2D eigenvalue weighted by Gasteiger charge is -2.25. The molecule has 7 nitrogen and oxygen atoms in total. The molecule has 0 spiro atoms. The second-order valence-electron chi connectivity index (χ2n) is 8.51. The molecule has 3 rings (SSSR count). The fourth-order valence-corrected chi connectivity index (χ4v) is 4.11. The summed E-state index contributed by atoms with van der Waals surface area (Å²) in [6.45, 7) is 5.70. The van der Waals surface area contributed by atoms with Gasteiger partial charge in [-0.2, -0.15) is 0 Å². The molecule has 0 unspecified atom stereocenters. The van der Waals surface area contributed by atoms with E-state index in [9.17, 15) is 14.4 Å². The van der Waals surface area contributed by atoms with Gasteiger partial charge in [-0.3, -0.25) is 4.79 Å². The highest BCUT2D eigenvalue weighted by atomic mass is 16.5. The van der Waals surface area contributed by atoms with E-state index in [4.69, 9.17) is 14.6 Å². The van der Waals surface area contributed by atoms with Crippen molar-refractivity contribution in [3.8, 4) is 5.75 Å². The van der Waals surface area contributed by atoms with Crippen LogP contribution in [0.4, 0.5) is 0 Å². The molecular formula is C26H31NO6. The van der Waals surface area contributed by atoms with Gasteiger partial charge in [0, 0.05) is 13.5 Å². The number of nitrogens with zero attached hydrogens (tertiary/aromatic N) is 1. The number of ether oxygens (including phenoxy) is 2. The van der Waals surface area contributed by atoms with Crippen LogP contribution in [0.5, 0.6) is 5.75 Å². The van der Waals surface area contributed by atoms with Gasteiger partial charge in [0.1, 0.15) is 17.9 Å². The van der Waals surface area contributed by atoms with E-state index in [1.165, 1.54) is 18.1 Å². The number of aliphatic carboxylic acids is 1. The van der Waals surface area contributed by atoms with Crippen LogP contribution in [0, 0.1) is 13.8 Å². The van der Waals surface area contributed by atoms with Crippen LogP contribution in [-0.4, -0.2) is 47.0 Å². The van der Waals surface area contributed by atoms with Crippen molar-refractivity contribution in [2.45, 2.75) is 58.6 Å². The number of rotatable bonds is 9. The summed E-state index contributed by atoms with van der Waals surface area (Å²) >= 11 is 0. The quantitative estimate of drug-likeness (QED) is 0.577. The minimum absolute atomic E-state index is 0.134. The fourth-order valence-electron chi connectivity index (χ4n) is 4.11. The first-order valence-corrected chi connectivity index (χ1v) is 11.2. The van der Waals surface area contributed by atoms with Crippen LogP contribution in [0.15, 0.2) is 42.5 Å². The maximum absolute atomic E-state index is 13.0. The Balaban J connectivity index is 1.80. The van der Waals surface area contributed by atoms with Gasteiger partial charge in [0.15, 0.2) is 6.61 Å². The predicted octanol–water partition coefficient (Wildman–Crippen LogP) is 3.99. The van der Waals surface area contributed by atoms with E-state index in [0.717, 1.165) is 17.5 Å². The molecule has 7 heteroatoms. The molecule has 1 N–H and O–H groups in total. The molecule has 1 amide bonds. The number of carboxylic acid groups (broad SMARTS) is 1. The Labute approximate surface area is 194 Å². The number of hydrogen-bond donors (Lipinski definition) is 1. The molecule has 1 aliphatic rings. The minimum atomic E-state index is -1.07. The highest BCUT2D eigenvalue weighted by molar-refractivity contribution is 5.84. The van der Waals surface area contributed by atoms with E-state index in [1.54, 1.807) is 23.1 Å². The second kappa shape index (κ2) is 11.0. The first-order valence-electron chi connectivity index (χ1n) is 11.2. The number of carbonyl (C=O) groups excluding carboxylic acids is 2.